The van der Waals surface area contributed by atoms with Crippen LogP contribution in [0.3, 0.4) is 0 Å². The largest absolute Gasteiger partial charge is 0.353 e. The van der Waals surface area contributed by atoms with Crippen LogP contribution in [0.1, 0.15) is 19.3 Å². The van der Waals surface area contributed by atoms with E-state index in [4.69, 9.17) is 0 Å². The van der Waals surface area contributed by atoms with Crippen LogP contribution >= 0.6 is 36.6 Å². The lowest BCUT2D eigenvalue weighted by atomic mass is 10.0. The summed E-state index contributed by atoms with van der Waals surface area (Å²) < 4.78 is 0. The highest BCUT2D eigenvalue weighted by Crippen LogP contribution is 2.08. The molecule has 114 valence electrons. The maximum atomic E-state index is 11.8. The number of carbonyl (C=O) groups is 1. The number of amides is 1. The van der Waals surface area contributed by atoms with Crippen LogP contribution in [0.25, 0.3) is 0 Å². The van der Waals surface area contributed by atoms with Gasteiger partial charge in [-0.1, -0.05) is 6.42 Å². The van der Waals surface area contributed by atoms with Gasteiger partial charge in [0, 0.05) is 37.7 Å². The number of thioether (sulfide) groups is 1. The van der Waals surface area contributed by atoms with E-state index in [1.54, 1.807) is 0 Å². The van der Waals surface area contributed by atoms with E-state index in [1.807, 2.05) is 11.8 Å². The van der Waals surface area contributed by atoms with Crippen LogP contribution in [-0.2, 0) is 4.79 Å². The minimum atomic E-state index is 0. The van der Waals surface area contributed by atoms with Crippen molar-refractivity contribution in [2.24, 2.45) is 0 Å². The van der Waals surface area contributed by atoms with Crippen molar-refractivity contribution in [1.29, 1.82) is 0 Å². The zero-order valence-electron chi connectivity index (χ0n) is 11.2. The summed E-state index contributed by atoms with van der Waals surface area (Å²) in [6.45, 7) is 5.12. The molecule has 0 aromatic rings. The Bertz CT molecular complexity index is 247. The first-order chi connectivity index (χ1) is 8.36. The number of carbonyl (C=O) groups excluding carboxylic acids is 1. The van der Waals surface area contributed by atoms with Gasteiger partial charge in [-0.3, -0.25) is 9.69 Å². The van der Waals surface area contributed by atoms with Crippen LogP contribution in [0.15, 0.2) is 0 Å². The van der Waals surface area contributed by atoms with Gasteiger partial charge >= 0.3 is 0 Å². The standard InChI is InChI=1S/C12H23N3OS.2ClH/c16-12(11-3-1-2-4-13-11)14-5-6-15-7-9-17-10-8-15;;/h11,13H,1-10H2,(H,14,16);2*1H/t11-;;/m0../s1. The average molecular weight is 330 g/mol. The van der Waals surface area contributed by atoms with E-state index in [2.05, 4.69) is 15.5 Å². The molecule has 4 nitrogen and oxygen atoms in total. The summed E-state index contributed by atoms with van der Waals surface area (Å²) in [6, 6.07) is 0.0562. The molecule has 2 heterocycles. The molecule has 2 aliphatic heterocycles. The van der Waals surface area contributed by atoms with Gasteiger partial charge in [0.15, 0.2) is 0 Å². The van der Waals surface area contributed by atoms with Crippen molar-refractivity contribution < 1.29 is 4.79 Å². The predicted molar refractivity (Wildman–Crippen MR) is 86.9 cm³/mol. The van der Waals surface area contributed by atoms with Crippen LogP contribution in [0.5, 0.6) is 0 Å². The molecule has 0 aromatic carbocycles. The van der Waals surface area contributed by atoms with Crippen LogP contribution in [0.2, 0.25) is 0 Å². The Hall–Kier alpha value is 0.320. The molecular formula is C12H25Cl2N3OS. The Morgan fingerprint density at radius 3 is 2.63 bits per heavy atom. The number of hydrogen-bond acceptors (Lipinski definition) is 4. The molecule has 7 heteroatoms. The number of rotatable bonds is 4. The Morgan fingerprint density at radius 1 is 1.26 bits per heavy atom. The topological polar surface area (TPSA) is 44.4 Å². The van der Waals surface area contributed by atoms with Gasteiger partial charge < -0.3 is 10.6 Å². The SMILES string of the molecule is Cl.Cl.O=C(NCCN1CCSCC1)[C@@H]1CCCCN1. The third kappa shape index (κ3) is 7.04. The third-order valence-corrected chi connectivity index (χ3v) is 4.40. The van der Waals surface area contributed by atoms with E-state index in [-0.39, 0.29) is 36.8 Å². The number of hydrogen-bond donors (Lipinski definition) is 2. The van der Waals surface area contributed by atoms with E-state index in [0.717, 1.165) is 26.1 Å². The van der Waals surface area contributed by atoms with E-state index >= 15 is 0 Å². The molecule has 0 aliphatic carbocycles. The lowest BCUT2D eigenvalue weighted by Gasteiger charge is -2.27. The average Bonchev–Trinajstić information content (AvgIpc) is 2.41. The quantitative estimate of drug-likeness (QED) is 0.811. The van der Waals surface area contributed by atoms with E-state index < -0.39 is 0 Å². The molecule has 2 fully saturated rings. The monoisotopic (exact) mass is 329 g/mol. The molecular weight excluding hydrogens is 305 g/mol. The second kappa shape index (κ2) is 11.0. The van der Waals surface area contributed by atoms with Gasteiger partial charge in [-0.2, -0.15) is 11.8 Å². The van der Waals surface area contributed by atoms with Crippen LogP contribution in [0, 0.1) is 0 Å². The summed E-state index contributed by atoms with van der Waals surface area (Å²) in [7, 11) is 0. The lowest BCUT2D eigenvalue weighted by molar-refractivity contribution is -0.123. The number of halogens is 2. The number of nitrogens with zero attached hydrogens (tertiary/aromatic N) is 1. The summed E-state index contributed by atoms with van der Waals surface area (Å²) in [5.41, 5.74) is 0. The number of piperidine rings is 1. The maximum absolute atomic E-state index is 11.8. The Balaban J connectivity index is 0.00000162. The fraction of sp³-hybridized carbons (Fsp3) is 0.917. The van der Waals surface area contributed by atoms with Crippen molar-refractivity contribution >= 4 is 42.5 Å². The van der Waals surface area contributed by atoms with Crippen molar-refractivity contribution in [3.63, 3.8) is 0 Å². The van der Waals surface area contributed by atoms with E-state index in [1.165, 1.54) is 37.4 Å². The second-order valence-electron chi connectivity index (χ2n) is 4.75. The molecule has 0 aromatic heterocycles. The van der Waals surface area contributed by atoms with Gasteiger partial charge in [0.1, 0.15) is 0 Å². The summed E-state index contributed by atoms with van der Waals surface area (Å²) in [4.78, 5) is 14.3. The summed E-state index contributed by atoms with van der Waals surface area (Å²) >= 11 is 2.02. The van der Waals surface area contributed by atoms with Crippen LogP contribution in [0.4, 0.5) is 0 Å². The third-order valence-electron chi connectivity index (χ3n) is 3.46. The highest BCUT2D eigenvalue weighted by molar-refractivity contribution is 7.99. The Labute approximate surface area is 132 Å². The van der Waals surface area contributed by atoms with Gasteiger partial charge in [-0.05, 0) is 19.4 Å². The van der Waals surface area contributed by atoms with Gasteiger partial charge in [0.2, 0.25) is 5.91 Å². The second-order valence-corrected chi connectivity index (χ2v) is 5.97. The lowest BCUT2D eigenvalue weighted by Crippen LogP contribution is -2.48. The molecule has 19 heavy (non-hydrogen) atoms. The van der Waals surface area contributed by atoms with Crippen molar-refractivity contribution in [3.8, 4) is 0 Å². The first-order valence-corrected chi connectivity index (χ1v) is 7.83. The summed E-state index contributed by atoms with van der Waals surface area (Å²) in [6.07, 6.45) is 3.37. The molecule has 0 saturated carbocycles. The normalized spacial score (nSPS) is 23.9. The Kier molecular flexibility index (Phi) is 11.2. The predicted octanol–water partition coefficient (Wildman–Crippen LogP) is 1.14. The van der Waals surface area contributed by atoms with Crippen LogP contribution in [-0.4, -0.2) is 61.1 Å². The van der Waals surface area contributed by atoms with E-state index in [9.17, 15) is 4.79 Å². The van der Waals surface area contributed by atoms with Crippen molar-refractivity contribution in [3.05, 3.63) is 0 Å². The molecule has 1 atom stereocenters. The molecule has 1 amide bonds. The molecule has 0 bridgehead atoms. The molecule has 2 aliphatic rings. The van der Waals surface area contributed by atoms with Gasteiger partial charge in [0.05, 0.1) is 6.04 Å². The number of nitrogens with one attached hydrogen (secondary N) is 2. The first-order valence-electron chi connectivity index (χ1n) is 6.67. The molecule has 2 saturated heterocycles. The maximum Gasteiger partial charge on any atom is 0.237 e. The minimum Gasteiger partial charge on any atom is -0.353 e. The van der Waals surface area contributed by atoms with Gasteiger partial charge in [0.25, 0.3) is 0 Å². The molecule has 0 radical (unpaired) electrons. The Morgan fingerprint density at radius 2 is 2.00 bits per heavy atom. The molecule has 0 spiro atoms. The van der Waals surface area contributed by atoms with Gasteiger partial charge in [-0.25, -0.2) is 0 Å². The zero-order valence-corrected chi connectivity index (χ0v) is 13.7. The summed E-state index contributed by atoms with van der Waals surface area (Å²) in [5.74, 6) is 2.66. The van der Waals surface area contributed by atoms with Crippen molar-refractivity contribution in [1.82, 2.24) is 15.5 Å². The van der Waals surface area contributed by atoms with E-state index in [0.29, 0.717) is 0 Å². The highest BCUT2D eigenvalue weighted by Gasteiger charge is 2.20. The zero-order chi connectivity index (χ0) is 11.9. The fourth-order valence-corrected chi connectivity index (χ4v) is 3.34. The summed E-state index contributed by atoms with van der Waals surface area (Å²) in [5, 5.41) is 6.33. The molecule has 2 rings (SSSR count). The fourth-order valence-electron chi connectivity index (χ4n) is 2.36. The smallest absolute Gasteiger partial charge is 0.237 e. The van der Waals surface area contributed by atoms with Gasteiger partial charge in [-0.15, -0.1) is 24.8 Å². The molecule has 2 N–H and O–H groups in total. The van der Waals surface area contributed by atoms with Crippen molar-refractivity contribution in [2.45, 2.75) is 25.3 Å². The molecule has 0 unspecified atom stereocenters. The highest BCUT2D eigenvalue weighted by atomic mass is 35.5. The van der Waals surface area contributed by atoms with Crippen molar-refractivity contribution in [2.75, 3.05) is 44.2 Å². The first kappa shape index (κ1) is 19.3. The van der Waals surface area contributed by atoms with Crippen LogP contribution < -0.4 is 10.6 Å². The minimum absolute atomic E-state index is 0.